The molecule has 0 unspecified atom stereocenters. The van der Waals surface area contributed by atoms with Crippen LogP contribution in [-0.2, 0) is 10.2 Å². The minimum atomic E-state index is -3.66. The molecule has 10 heteroatoms. The van der Waals surface area contributed by atoms with Gasteiger partial charge in [0, 0.05) is 44.0 Å². The number of pyridine rings is 1. The summed E-state index contributed by atoms with van der Waals surface area (Å²) in [4.78, 5) is 6.19. The molecule has 128 valence electrons. The van der Waals surface area contributed by atoms with Gasteiger partial charge in [0.05, 0.1) is 16.9 Å². The zero-order valence-electron chi connectivity index (χ0n) is 13.2. The third kappa shape index (κ3) is 2.82. The van der Waals surface area contributed by atoms with E-state index in [1.165, 1.54) is 6.20 Å². The highest BCUT2D eigenvalue weighted by atomic mass is 32.2. The molecule has 0 atom stereocenters. The molecule has 2 aliphatic rings. The first-order chi connectivity index (χ1) is 11.3. The van der Waals surface area contributed by atoms with Crippen LogP contribution < -0.4 is 20.1 Å². The van der Waals surface area contributed by atoms with Gasteiger partial charge in [-0.2, -0.15) is 18.4 Å². The Morgan fingerprint density at radius 3 is 2.71 bits per heavy atom. The lowest BCUT2D eigenvalue weighted by atomic mass is 9.61. The fourth-order valence-corrected chi connectivity index (χ4v) is 4.39. The normalized spacial score (nSPS) is 19.3. The monoisotopic (exact) mass is 349 g/mol. The Kier molecular flexibility index (Phi) is 3.95. The predicted octanol–water partition coefficient (Wildman–Crippen LogP) is -0.245. The van der Waals surface area contributed by atoms with Crippen molar-refractivity contribution in [3.63, 3.8) is 0 Å². The molecule has 0 radical (unpaired) electrons. The lowest BCUT2D eigenvalue weighted by molar-refractivity contribution is 0.0591. The maximum absolute atomic E-state index is 11.1. The van der Waals surface area contributed by atoms with Gasteiger partial charge in [-0.15, -0.1) is 0 Å². The summed E-state index contributed by atoms with van der Waals surface area (Å²) in [5.41, 5.74) is 2.42. The molecule has 1 aliphatic carbocycles. The van der Waals surface area contributed by atoms with Gasteiger partial charge in [0.25, 0.3) is 10.2 Å². The minimum Gasteiger partial charge on any atom is -0.385 e. The average molecular weight is 349 g/mol. The number of nitrogens with two attached hydrogens (primary N) is 1. The smallest absolute Gasteiger partial charge is 0.274 e. The second-order valence-electron chi connectivity index (χ2n) is 6.41. The molecule has 0 amide bonds. The van der Waals surface area contributed by atoms with Crippen molar-refractivity contribution in [1.29, 1.82) is 10.7 Å². The van der Waals surface area contributed by atoms with E-state index in [4.69, 9.17) is 10.5 Å². The van der Waals surface area contributed by atoms with E-state index in [0.717, 1.165) is 37.8 Å². The Morgan fingerprint density at radius 2 is 2.21 bits per heavy atom. The Hall–Kier alpha value is -2.22. The van der Waals surface area contributed by atoms with Crippen LogP contribution in [0.25, 0.3) is 0 Å². The van der Waals surface area contributed by atoms with Crippen molar-refractivity contribution in [1.82, 2.24) is 9.71 Å². The van der Waals surface area contributed by atoms with E-state index in [1.54, 1.807) is 7.05 Å². The van der Waals surface area contributed by atoms with Crippen molar-refractivity contribution < 1.29 is 8.42 Å². The van der Waals surface area contributed by atoms with Crippen LogP contribution in [0.2, 0.25) is 0 Å². The standard InChI is InChI=1S/C14H19N7O2S/c1-18-12-11(5-16)19-6-9(4-15)13(12)21-7-14(8-21)2-10(3-14)20-24(17,22)23/h5-6,10,16,18,20H,2-3,7-8H2,1H3,(H2,17,22,23). The summed E-state index contributed by atoms with van der Waals surface area (Å²) in [6.45, 7) is 1.47. The molecule has 1 saturated carbocycles. The highest BCUT2D eigenvalue weighted by Gasteiger charge is 2.53. The SMILES string of the molecule is CNc1c(C=N)ncc(C#N)c1N1CC2(CC(NS(N)(=O)=O)C2)C1. The molecule has 2 heterocycles. The molecular formula is C14H19N7O2S. The van der Waals surface area contributed by atoms with E-state index < -0.39 is 10.2 Å². The van der Waals surface area contributed by atoms with Crippen LogP contribution in [0.1, 0.15) is 24.1 Å². The first kappa shape index (κ1) is 16.6. The number of nitrogens with one attached hydrogen (secondary N) is 3. The summed E-state index contributed by atoms with van der Waals surface area (Å²) in [5.74, 6) is 0. The molecule has 9 nitrogen and oxygen atoms in total. The number of rotatable bonds is 5. The lowest BCUT2D eigenvalue weighted by Gasteiger charge is -2.60. The Balaban J connectivity index is 1.75. The predicted molar refractivity (Wildman–Crippen MR) is 90.3 cm³/mol. The maximum atomic E-state index is 11.1. The third-order valence-electron chi connectivity index (χ3n) is 4.65. The van der Waals surface area contributed by atoms with Crippen LogP contribution in [0.5, 0.6) is 0 Å². The van der Waals surface area contributed by atoms with E-state index in [2.05, 4.69) is 26.0 Å². The molecule has 3 rings (SSSR count). The van der Waals surface area contributed by atoms with Gasteiger partial charge in [0.15, 0.2) is 0 Å². The van der Waals surface area contributed by atoms with E-state index in [0.29, 0.717) is 16.9 Å². The van der Waals surface area contributed by atoms with Crippen LogP contribution >= 0.6 is 0 Å². The number of hydrogen-bond donors (Lipinski definition) is 4. The van der Waals surface area contributed by atoms with Crippen LogP contribution in [-0.4, -0.2) is 45.8 Å². The summed E-state index contributed by atoms with van der Waals surface area (Å²) >= 11 is 0. The number of hydrogen-bond acceptors (Lipinski definition) is 7. The second-order valence-corrected chi connectivity index (χ2v) is 7.74. The summed E-state index contributed by atoms with van der Waals surface area (Å²) in [6.07, 6.45) is 4.10. The van der Waals surface area contributed by atoms with Gasteiger partial charge in [0.1, 0.15) is 11.8 Å². The van der Waals surface area contributed by atoms with Gasteiger partial charge >= 0.3 is 0 Å². The van der Waals surface area contributed by atoms with Gasteiger partial charge < -0.3 is 15.6 Å². The molecule has 1 aromatic heterocycles. The summed E-state index contributed by atoms with van der Waals surface area (Å²) in [5, 5.41) is 24.8. The van der Waals surface area contributed by atoms with Gasteiger partial charge in [0.2, 0.25) is 0 Å². The fourth-order valence-electron chi connectivity index (χ4n) is 3.76. The van der Waals surface area contributed by atoms with Crippen LogP contribution in [0.15, 0.2) is 6.20 Å². The van der Waals surface area contributed by atoms with E-state index >= 15 is 0 Å². The quantitative estimate of drug-likeness (QED) is 0.539. The maximum Gasteiger partial charge on any atom is 0.274 e. The van der Waals surface area contributed by atoms with Crippen LogP contribution in [0.4, 0.5) is 11.4 Å². The van der Waals surface area contributed by atoms with Gasteiger partial charge in [-0.25, -0.2) is 5.14 Å². The van der Waals surface area contributed by atoms with Crippen molar-refractivity contribution >= 4 is 27.8 Å². The van der Waals surface area contributed by atoms with Crippen molar-refractivity contribution in [3.05, 3.63) is 17.5 Å². The number of anilines is 2. The summed E-state index contributed by atoms with van der Waals surface area (Å²) in [7, 11) is -1.93. The molecular weight excluding hydrogens is 330 g/mol. The zero-order chi connectivity index (χ0) is 17.5. The van der Waals surface area contributed by atoms with E-state index in [1.807, 2.05) is 0 Å². The largest absolute Gasteiger partial charge is 0.385 e. The van der Waals surface area contributed by atoms with E-state index in [9.17, 15) is 13.7 Å². The van der Waals surface area contributed by atoms with Gasteiger partial charge in [-0.1, -0.05) is 0 Å². The highest BCUT2D eigenvalue weighted by Crippen LogP contribution is 2.51. The molecule has 1 spiro atoms. The Bertz CT molecular complexity index is 816. The molecule has 2 fully saturated rings. The first-order valence-corrected chi connectivity index (χ1v) is 9.02. The van der Waals surface area contributed by atoms with Crippen LogP contribution in [0, 0.1) is 22.2 Å². The second kappa shape index (κ2) is 5.70. The number of nitriles is 1. The third-order valence-corrected chi connectivity index (χ3v) is 5.31. The van der Waals surface area contributed by atoms with E-state index in [-0.39, 0.29) is 11.5 Å². The molecule has 1 saturated heterocycles. The topological polar surface area (TPSA) is 148 Å². The molecule has 1 aromatic rings. The van der Waals surface area contributed by atoms with Gasteiger partial charge in [-0.3, -0.25) is 4.98 Å². The molecule has 24 heavy (non-hydrogen) atoms. The minimum absolute atomic E-state index is 0.0637. The highest BCUT2D eigenvalue weighted by molar-refractivity contribution is 7.87. The van der Waals surface area contributed by atoms with Crippen molar-refractivity contribution in [3.8, 4) is 6.07 Å². The number of nitrogens with zero attached hydrogens (tertiary/aromatic N) is 3. The first-order valence-electron chi connectivity index (χ1n) is 7.47. The Morgan fingerprint density at radius 1 is 1.54 bits per heavy atom. The lowest BCUT2D eigenvalue weighted by Crippen LogP contribution is -2.67. The fraction of sp³-hybridized carbons (Fsp3) is 0.500. The van der Waals surface area contributed by atoms with Crippen LogP contribution in [0.3, 0.4) is 0 Å². The number of aromatic nitrogens is 1. The van der Waals surface area contributed by atoms with Crippen molar-refractivity contribution in [2.45, 2.75) is 18.9 Å². The van der Waals surface area contributed by atoms with Crippen molar-refractivity contribution in [2.75, 3.05) is 30.4 Å². The zero-order valence-corrected chi connectivity index (χ0v) is 14.0. The van der Waals surface area contributed by atoms with Gasteiger partial charge in [-0.05, 0) is 12.8 Å². The molecule has 5 N–H and O–H groups in total. The molecule has 0 aromatic carbocycles. The average Bonchev–Trinajstić information content (AvgIpc) is 2.45. The Labute approximate surface area is 140 Å². The van der Waals surface area contributed by atoms with Crippen molar-refractivity contribution in [2.24, 2.45) is 10.6 Å². The summed E-state index contributed by atoms with van der Waals surface area (Å²) < 4.78 is 24.5. The summed E-state index contributed by atoms with van der Waals surface area (Å²) in [6, 6.07) is 2.03. The molecule has 0 bridgehead atoms. The molecule has 1 aliphatic heterocycles.